The highest BCUT2D eigenvalue weighted by Crippen LogP contribution is 2.10. The molecule has 1 aliphatic rings. The zero-order chi connectivity index (χ0) is 14.2. The van der Waals surface area contributed by atoms with E-state index in [1.807, 2.05) is 12.1 Å². The van der Waals surface area contributed by atoms with Crippen molar-refractivity contribution in [2.45, 2.75) is 38.7 Å². The van der Waals surface area contributed by atoms with Gasteiger partial charge in [-0.2, -0.15) is 0 Å². The van der Waals surface area contributed by atoms with Crippen LogP contribution in [0.4, 0.5) is 0 Å². The molecule has 1 saturated heterocycles. The summed E-state index contributed by atoms with van der Waals surface area (Å²) in [5.74, 6) is 1.95. The van der Waals surface area contributed by atoms with E-state index in [-0.39, 0.29) is 6.10 Å². The molecule has 2 N–H and O–H groups in total. The zero-order valence-electron chi connectivity index (χ0n) is 12.2. The lowest BCUT2D eigenvalue weighted by Crippen LogP contribution is -2.47. The molecule has 0 amide bonds. The largest absolute Gasteiger partial charge is 0.469 e. The van der Waals surface area contributed by atoms with Crippen molar-refractivity contribution in [3.05, 3.63) is 24.2 Å². The van der Waals surface area contributed by atoms with Gasteiger partial charge in [0.05, 0.1) is 12.4 Å². The van der Waals surface area contributed by atoms with Crippen molar-refractivity contribution in [1.29, 1.82) is 0 Å². The van der Waals surface area contributed by atoms with E-state index in [4.69, 9.17) is 4.42 Å². The summed E-state index contributed by atoms with van der Waals surface area (Å²) in [6, 6.07) is 3.90. The molecule has 0 atom stereocenters. The molecule has 1 aromatic heterocycles. The van der Waals surface area contributed by atoms with Crippen LogP contribution >= 0.6 is 0 Å². The molecule has 0 unspecified atom stereocenters. The second-order valence-electron chi connectivity index (χ2n) is 5.18. The van der Waals surface area contributed by atoms with Gasteiger partial charge in [-0.1, -0.05) is 6.92 Å². The smallest absolute Gasteiger partial charge is 0.193 e. The zero-order valence-corrected chi connectivity index (χ0v) is 12.2. The molecule has 112 valence electrons. The Balaban J connectivity index is 1.83. The van der Waals surface area contributed by atoms with Crippen molar-refractivity contribution in [1.82, 2.24) is 10.2 Å². The standard InChI is InChI=1S/C15H25N3O2/c1-2-8-16-15(18-10-6-13(19)7-11-18)17-9-5-14-4-3-12-20-14/h3-4,12-13,19H,2,5-11H2,1H3,(H,16,17). The number of nitrogens with zero attached hydrogens (tertiary/aromatic N) is 2. The first-order valence-corrected chi connectivity index (χ1v) is 7.53. The predicted molar refractivity (Wildman–Crippen MR) is 79.8 cm³/mol. The van der Waals surface area contributed by atoms with Crippen LogP contribution in [0.25, 0.3) is 0 Å². The van der Waals surface area contributed by atoms with E-state index in [0.717, 1.165) is 63.6 Å². The van der Waals surface area contributed by atoms with Crippen LogP contribution in [-0.2, 0) is 6.42 Å². The maximum Gasteiger partial charge on any atom is 0.193 e. The lowest BCUT2D eigenvalue weighted by Gasteiger charge is -2.32. The maximum atomic E-state index is 9.59. The van der Waals surface area contributed by atoms with Gasteiger partial charge in [-0.05, 0) is 31.4 Å². The van der Waals surface area contributed by atoms with E-state index in [0.29, 0.717) is 0 Å². The Bertz CT molecular complexity index is 395. The Labute approximate surface area is 120 Å². The van der Waals surface area contributed by atoms with E-state index in [1.54, 1.807) is 6.26 Å². The van der Waals surface area contributed by atoms with Gasteiger partial charge >= 0.3 is 0 Å². The SMILES string of the molecule is CCCN=C(NCCc1ccco1)N1CCC(O)CC1. The number of hydrogen-bond acceptors (Lipinski definition) is 3. The van der Waals surface area contributed by atoms with Gasteiger partial charge < -0.3 is 19.7 Å². The first-order chi connectivity index (χ1) is 9.79. The molecule has 0 aliphatic carbocycles. The Morgan fingerprint density at radius 1 is 1.50 bits per heavy atom. The molecule has 1 fully saturated rings. The van der Waals surface area contributed by atoms with Crippen LogP contribution in [0.3, 0.4) is 0 Å². The number of piperidine rings is 1. The average Bonchev–Trinajstić information content (AvgIpc) is 2.97. The summed E-state index contributed by atoms with van der Waals surface area (Å²) in [6.07, 6.45) is 5.10. The van der Waals surface area contributed by atoms with Gasteiger partial charge in [-0.3, -0.25) is 4.99 Å². The third kappa shape index (κ3) is 4.56. The average molecular weight is 279 g/mol. The second kappa shape index (κ2) is 7.94. The summed E-state index contributed by atoms with van der Waals surface area (Å²) < 4.78 is 5.33. The number of hydrogen-bond donors (Lipinski definition) is 2. The molecule has 0 spiro atoms. The van der Waals surface area contributed by atoms with E-state index >= 15 is 0 Å². The number of aliphatic hydroxyl groups is 1. The number of rotatable bonds is 5. The number of aliphatic imine (C=N–C) groups is 1. The number of likely N-dealkylation sites (tertiary alicyclic amines) is 1. The molecule has 2 rings (SSSR count). The topological polar surface area (TPSA) is 61.0 Å². The van der Waals surface area contributed by atoms with Gasteiger partial charge in [-0.15, -0.1) is 0 Å². The number of nitrogens with one attached hydrogen (secondary N) is 1. The normalized spacial score (nSPS) is 17.5. The molecule has 20 heavy (non-hydrogen) atoms. The monoisotopic (exact) mass is 279 g/mol. The lowest BCUT2D eigenvalue weighted by molar-refractivity contribution is 0.108. The van der Waals surface area contributed by atoms with Crippen LogP contribution in [0.15, 0.2) is 27.8 Å². The summed E-state index contributed by atoms with van der Waals surface area (Å²) in [6.45, 7) is 5.52. The first-order valence-electron chi connectivity index (χ1n) is 7.53. The minimum atomic E-state index is -0.151. The summed E-state index contributed by atoms with van der Waals surface area (Å²) >= 11 is 0. The molecular formula is C15H25N3O2. The van der Waals surface area contributed by atoms with Crippen molar-refractivity contribution >= 4 is 5.96 Å². The Morgan fingerprint density at radius 2 is 2.30 bits per heavy atom. The molecule has 0 aromatic carbocycles. The molecule has 1 aromatic rings. The number of furan rings is 1. The van der Waals surface area contributed by atoms with E-state index in [1.165, 1.54) is 0 Å². The summed E-state index contributed by atoms with van der Waals surface area (Å²) in [5, 5.41) is 13.0. The lowest BCUT2D eigenvalue weighted by atomic mass is 10.1. The maximum absolute atomic E-state index is 9.59. The Kier molecular flexibility index (Phi) is 5.92. The predicted octanol–water partition coefficient (Wildman–Crippen LogP) is 1.63. The first kappa shape index (κ1) is 14.9. The van der Waals surface area contributed by atoms with Crippen LogP contribution in [0.2, 0.25) is 0 Å². The van der Waals surface area contributed by atoms with E-state index < -0.39 is 0 Å². The fraction of sp³-hybridized carbons (Fsp3) is 0.667. The Morgan fingerprint density at radius 3 is 2.95 bits per heavy atom. The minimum Gasteiger partial charge on any atom is -0.469 e. The number of guanidine groups is 1. The van der Waals surface area contributed by atoms with Crippen molar-refractivity contribution in [2.24, 2.45) is 4.99 Å². The van der Waals surface area contributed by atoms with Crippen molar-refractivity contribution in [2.75, 3.05) is 26.2 Å². The van der Waals surface area contributed by atoms with E-state index in [2.05, 4.69) is 22.1 Å². The quantitative estimate of drug-likeness (QED) is 0.635. The summed E-state index contributed by atoms with van der Waals surface area (Å²) in [4.78, 5) is 6.87. The molecule has 5 nitrogen and oxygen atoms in total. The summed E-state index contributed by atoms with van der Waals surface area (Å²) in [7, 11) is 0. The van der Waals surface area contributed by atoms with Crippen molar-refractivity contribution in [3.8, 4) is 0 Å². The number of aliphatic hydroxyl groups excluding tert-OH is 1. The highest BCUT2D eigenvalue weighted by Gasteiger charge is 2.19. The van der Waals surface area contributed by atoms with Crippen LogP contribution in [0.1, 0.15) is 31.9 Å². The van der Waals surface area contributed by atoms with Crippen LogP contribution in [0, 0.1) is 0 Å². The van der Waals surface area contributed by atoms with Gasteiger partial charge in [0.1, 0.15) is 5.76 Å². The molecule has 0 bridgehead atoms. The van der Waals surface area contributed by atoms with Crippen molar-refractivity contribution in [3.63, 3.8) is 0 Å². The van der Waals surface area contributed by atoms with Gasteiger partial charge in [0.2, 0.25) is 0 Å². The van der Waals surface area contributed by atoms with Crippen LogP contribution in [0.5, 0.6) is 0 Å². The van der Waals surface area contributed by atoms with Gasteiger partial charge in [-0.25, -0.2) is 0 Å². The minimum absolute atomic E-state index is 0.151. The fourth-order valence-electron chi connectivity index (χ4n) is 2.32. The molecule has 5 heteroatoms. The van der Waals surface area contributed by atoms with Crippen molar-refractivity contribution < 1.29 is 9.52 Å². The second-order valence-corrected chi connectivity index (χ2v) is 5.18. The summed E-state index contributed by atoms with van der Waals surface area (Å²) in [5.41, 5.74) is 0. The Hall–Kier alpha value is -1.49. The van der Waals surface area contributed by atoms with Gasteiger partial charge in [0, 0.05) is 32.6 Å². The highest BCUT2D eigenvalue weighted by molar-refractivity contribution is 5.80. The van der Waals surface area contributed by atoms with E-state index in [9.17, 15) is 5.11 Å². The third-order valence-corrected chi connectivity index (χ3v) is 3.48. The molecule has 0 saturated carbocycles. The van der Waals surface area contributed by atoms with Gasteiger partial charge in [0.25, 0.3) is 0 Å². The molecular weight excluding hydrogens is 254 g/mol. The van der Waals surface area contributed by atoms with Crippen LogP contribution in [-0.4, -0.2) is 48.2 Å². The molecule has 0 radical (unpaired) electrons. The fourth-order valence-corrected chi connectivity index (χ4v) is 2.32. The van der Waals surface area contributed by atoms with Crippen LogP contribution < -0.4 is 5.32 Å². The molecule has 1 aliphatic heterocycles. The highest BCUT2D eigenvalue weighted by atomic mass is 16.3. The van der Waals surface area contributed by atoms with Gasteiger partial charge in [0.15, 0.2) is 5.96 Å². The molecule has 2 heterocycles. The third-order valence-electron chi connectivity index (χ3n) is 3.48.